The molecule has 0 spiro atoms. The molecule has 1 aliphatic carbocycles. The molecule has 2 atom stereocenters. The van der Waals surface area contributed by atoms with Gasteiger partial charge in [0.05, 0.1) is 4.90 Å². The number of hydrogen-bond donors (Lipinski definition) is 1. The Morgan fingerprint density at radius 1 is 1.17 bits per heavy atom. The Kier molecular flexibility index (Phi) is 6.58. The van der Waals surface area contributed by atoms with Crippen molar-refractivity contribution < 1.29 is 13.2 Å². The second-order valence-electron chi connectivity index (χ2n) is 7.70. The zero-order valence-electron chi connectivity index (χ0n) is 15.1. The summed E-state index contributed by atoms with van der Waals surface area (Å²) in [7, 11) is 0. The molecule has 1 fully saturated rings. The highest BCUT2D eigenvalue weighted by Crippen LogP contribution is 2.29. The van der Waals surface area contributed by atoms with Crippen LogP contribution in [0.3, 0.4) is 0 Å². The maximum absolute atomic E-state index is 12.7. The summed E-state index contributed by atoms with van der Waals surface area (Å²) in [5.41, 5.74) is 0.767. The summed E-state index contributed by atoms with van der Waals surface area (Å²) < 4.78 is 18.4. The van der Waals surface area contributed by atoms with E-state index in [0.717, 1.165) is 31.2 Å². The van der Waals surface area contributed by atoms with Crippen LogP contribution in [0.4, 0.5) is 0 Å². The zero-order chi connectivity index (χ0) is 17.7. The molecule has 24 heavy (non-hydrogen) atoms. The third-order valence-corrected chi connectivity index (χ3v) is 5.28. The quantitative estimate of drug-likeness (QED) is 0.875. The number of amides is 1. The van der Waals surface area contributed by atoms with E-state index in [4.69, 9.17) is 4.18 Å². The first kappa shape index (κ1) is 19.1. The Bertz CT molecular complexity index is 571. The van der Waals surface area contributed by atoms with Crippen LogP contribution >= 0.6 is 0 Å². The van der Waals surface area contributed by atoms with Crippen LogP contribution in [-0.4, -0.2) is 21.8 Å². The van der Waals surface area contributed by atoms with Gasteiger partial charge in [-0.2, -0.15) is 0 Å². The predicted octanol–water partition coefficient (Wildman–Crippen LogP) is 3.90. The minimum Gasteiger partial charge on any atom is -0.349 e. The van der Waals surface area contributed by atoms with Crippen molar-refractivity contribution in [1.82, 2.24) is 5.32 Å². The van der Waals surface area contributed by atoms with E-state index in [1.165, 1.54) is 6.42 Å². The van der Waals surface area contributed by atoms with Gasteiger partial charge in [0.15, 0.2) is 17.2 Å². The average Bonchev–Trinajstić information content (AvgIpc) is 2.52. The van der Waals surface area contributed by atoms with E-state index in [2.05, 4.69) is 5.32 Å². The van der Waals surface area contributed by atoms with Gasteiger partial charge >= 0.3 is 0 Å². The van der Waals surface area contributed by atoms with E-state index in [1.807, 2.05) is 39.8 Å². The van der Waals surface area contributed by atoms with Gasteiger partial charge in [-0.3, -0.25) is 8.98 Å². The monoisotopic (exact) mass is 351 g/mol. The van der Waals surface area contributed by atoms with Gasteiger partial charge in [-0.05, 0) is 58.6 Å². The molecule has 0 aliphatic heterocycles. The highest BCUT2D eigenvalue weighted by Gasteiger charge is 2.34. The molecule has 5 heteroatoms. The van der Waals surface area contributed by atoms with Crippen LogP contribution in [0.5, 0.6) is 0 Å². The molecule has 1 aromatic carbocycles. The van der Waals surface area contributed by atoms with E-state index < -0.39 is 17.2 Å². The van der Waals surface area contributed by atoms with Crippen molar-refractivity contribution in [3.63, 3.8) is 0 Å². The number of rotatable bonds is 5. The number of benzene rings is 1. The molecule has 1 aromatic rings. The fourth-order valence-corrected chi connectivity index (χ4v) is 3.92. The van der Waals surface area contributed by atoms with Crippen LogP contribution in [0, 0.1) is 12.8 Å². The first-order chi connectivity index (χ1) is 11.3. The molecule has 4 nitrogen and oxygen atoms in total. The van der Waals surface area contributed by atoms with Crippen LogP contribution in [-0.2, 0) is 20.1 Å². The number of carbonyl (C=O) groups is 1. The second kappa shape index (κ2) is 8.26. The SMILES string of the molecule is Cc1ccc(S(=O)OC(C(=O)NC(C)(C)C)C2CCCCC2)cc1. The van der Waals surface area contributed by atoms with Gasteiger partial charge in [0.2, 0.25) is 0 Å². The van der Waals surface area contributed by atoms with Gasteiger partial charge in [0.1, 0.15) is 0 Å². The van der Waals surface area contributed by atoms with Crippen molar-refractivity contribution >= 4 is 17.0 Å². The predicted molar refractivity (Wildman–Crippen MR) is 96.9 cm³/mol. The molecule has 1 amide bonds. The second-order valence-corrected chi connectivity index (χ2v) is 8.84. The Morgan fingerprint density at radius 2 is 1.75 bits per heavy atom. The third-order valence-electron chi connectivity index (χ3n) is 4.24. The van der Waals surface area contributed by atoms with Gasteiger partial charge in [-0.15, -0.1) is 0 Å². The largest absolute Gasteiger partial charge is 0.349 e. The van der Waals surface area contributed by atoms with E-state index in [-0.39, 0.29) is 17.4 Å². The molecule has 2 unspecified atom stereocenters. The van der Waals surface area contributed by atoms with Gasteiger partial charge in [-0.1, -0.05) is 37.0 Å². The van der Waals surface area contributed by atoms with E-state index >= 15 is 0 Å². The highest BCUT2D eigenvalue weighted by atomic mass is 32.2. The fourth-order valence-electron chi connectivity index (χ4n) is 3.01. The summed E-state index contributed by atoms with van der Waals surface area (Å²) in [4.78, 5) is 13.3. The molecule has 2 rings (SSSR count). The van der Waals surface area contributed by atoms with Crippen LogP contribution in [0.2, 0.25) is 0 Å². The molecule has 134 valence electrons. The zero-order valence-corrected chi connectivity index (χ0v) is 15.9. The van der Waals surface area contributed by atoms with Crippen molar-refractivity contribution in [3.05, 3.63) is 29.8 Å². The molecular weight excluding hydrogens is 322 g/mol. The standard InChI is InChI=1S/C19H29NO3S/c1-14-10-12-16(13-11-14)24(22)23-17(15-8-6-5-7-9-15)18(21)20-19(2,3)4/h10-13,15,17H,5-9H2,1-4H3,(H,20,21). The summed E-state index contributed by atoms with van der Waals surface area (Å²) in [5.74, 6) is -0.0228. The molecule has 1 aliphatic rings. The molecule has 0 saturated heterocycles. The molecule has 1 saturated carbocycles. The molecular formula is C19H29NO3S. The first-order valence-corrected chi connectivity index (χ1v) is 9.81. The highest BCUT2D eigenvalue weighted by molar-refractivity contribution is 7.80. The minimum atomic E-state index is -1.63. The van der Waals surface area contributed by atoms with Crippen molar-refractivity contribution in [1.29, 1.82) is 0 Å². The summed E-state index contributed by atoms with van der Waals surface area (Å²) in [6.45, 7) is 7.81. The number of aryl methyl sites for hydroxylation is 1. The normalized spacial score (nSPS) is 18.8. The minimum absolute atomic E-state index is 0.135. The van der Waals surface area contributed by atoms with Gasteiger partial charge < -0.3 is 5.32 Å². The maximum atomic E-state index is 12.7. The van der Waals surface area contributed by atoms with Crippen LogP contribution in [0.15, 0.2) is 29.2 Å². The van der Waals surface area contributed by atoms with Crippen molar-refractivity contribution in [3.8, 4) is 0 Å². The third kappa shape index (κ3) is 5.71. The summed E-state index contributed by atoms with van der Waals surface area (Å²) >= 11 is -1.63. The molecule has 0 radical (unpaired) electrons. The van der Waals surface area contributed by atoms with E-state index in [0.29, 0.717) is 4.90 Å². The lowest BCUT2D eigenvalue weighted by Crippen LogP contribution is -2.49. The average molecular weight is 352 g/mol. The van der Waals surface area contributed by atoms with Gasteiger partial charge in [0.25, 0.3) is 5.91 Å². The van der Waals surface area contributed by atoms with E-state index in [9.17, 15) is 9.00 Å². The summed E-state index contributed by atoms with van der Waals surface area (Å²) in [5, 5.41) is 2.98. The summed E-state index contributed by atoms with van der Waals surface area (Å²) in [6.07, 6.45) is 4.65. The Morgan fingerprint density at radius 3 is 2.29 bits per heavy atom. The molecule has 0 heterocycles. The van der Waals surface area contributed by atoms with Crippen molar-refractivity contribution in [2.75, 3.05) is 0 Å². The Hall–Kier alpha value is -1.20. The van der Waals surface area contributed by atoms with Gasteiger partial charge in [0, 0.05) is 5.54 Å². The lowest BCUT2D eigenvalue weighted by Gasteiger charge is -2.31. The molecule has 1 N–H and O–H groups in total. The number of nitrogens with one attached hydrogen (secondary N) is 1. The van der Waals surface area contributed by atoms with Crippen LogP contribution in [0.25, 0.3) is 0 Å². The maximum Gasteiger partial charge on any atom is 0.251 e. The number of hydrogen-bond acceptors (Lipinski definition) is 3. The first-order valence-electron chi connectivity index (χ1n) is 8.74. The van der Waals surface area contributed by atoms with Crippen molar-refractivity contribution in [2.45, 2.75) is 76.3 Å². The van der Waals surface area contributed by atoms with Crippen LogP contribution < -0.4 is 5.32 Å². The topological polar surface area (TPSA) is 55.4 Å². The van der Waals surface area contributed by atoms with E-state index in [1.54, 1.807) is 12.1 Å². The number of carbonyl (C=O) groups excluding carboxylic acids is 1. The van der Waals surface area contributed by atoms with Crippen LogP contribution in [0.1, 0.15) is 58.4 Å². The smallest absolute Gasteiger partial charge is 0.251 e. The molecule has 0 bridgehead atoms. The Balaban J connectivity index is 2.13. The molecule has 0 aromatic heterocycles. The van der Waals surface area contributed by atoms with Gasteiger partial charge in [-0.25, -0.2) is 4.21 Å². The Labute approximate surface area is 148 Å². The lowest BCUT2D eigenvalue weighted by atomic mass is 9.85. The lowest BCUT2D eigenvalue weighted by molar-refractivity contribution is -0.132. The van der Waals surface area contributed by atoms with Crippen molar-refractivity contribution in [2.24, 2.45) is 5.92 Å². The fraction of sp³-hybridized carbons (Fsp3) is 0.632. The summed E-state index contributed by atoms with van der Waals surface area (Å²) in [6, 6.07) is 7.40.